The minimum absolute atomic E-state index is 0.00812. The number of ketones is 1. The van der Waals surface area contributed by atoms with Gasteiger partial charge in [-0.15, -0.1) is 0 Å². The zero-order chi connectivity index (χ0) is 14.5. The predicted octanol–water partition coefficient (Wildman–Crippen LogP) is 2.93. The van der Waals surface area contributed by atoms with Crippen molar-refractivity contribution < 1.29 is 9.53 Å². The monoisotopic (exact) mass is 263 g/mol. The third kappa shape index (κ3) is 5.43. The second-order valence-corrected chi connectivity index (χ2v) is 5.88. The lowest BCUT2D eigenvalue weighted by Gasteiger charge is -2.26. The van der Waals surface area contributed by atoms with Gasteiger partial charge in [0.1, 0.15) is 11.5 Å². The first-order valence-electron chi connectivity index (χ1n) is 6.78. The van der Waals surface area contributed by atoms with Crippen LogP contribution in [0.5, 0.6) is 5.75 Å². The van der Waals surface area contributed by atoms with Crippen molar-refractivity contribution in [3.63, 3.8) is 0 Å². The molecular weight excluding hydrogens is 238 g/mol. The summed E-state index contributed by atoms with van der Waals surface area (Å²) in [4.78, 5) is 10.9. The molecule has 1 N–H and O–H groups in total. The second kappa shape index (κ2) is 6.71. The molecule has 0 spiro atoms. The average Bonchev–Trinajstić information content (AvgIpc) is 2.28. The van der Waals surface area contributed by atoms with Crippen LogP contribution in [0.1, 0.15) is 40.2 Å². The lowest BCUT2D eigenvalue weighted by atomic mass is 9.84. The van der Waals surface area contributed by atoms with Crippen LogP contribution >= 0.6 is 0 Å². The summed E-state index contributed by atoms with van der Waals surface area (Å²) < 4.78 is 5.63. The van der Waals surface area contributed by atoms with Crippen molar-refractivity contribution in [2.75, 3.05) is 13.1 Å². The van der Waals surface area contributed by atoms with Crippen molar-refractivity contribution in [1.29, 1.82) is 0 Å². The number of hydrogen-bond donors (Lipinski definition) is 1. The van der Waals surface area contributed by atoms with Gasteiger partial charge in [0.2, 0.25) is 0 Å². The van der Waals surface area contributed by atoms with Gasteiger partial charge in [-0.1, -0.05) is 26.0 Å². The first-order chi connectivity index (χ1) is 8.81. The Morgan fingerprint density at radius 1 is 1.26 bits per heavy atom. The standard InChI is InChI=1S/C16H25NO2/c1-12(2)19-15-8-6-14(7-9-15)16(4,5)11-17-10-13(3)18/h6-9,12,17H,10-11H2,1-5H3. The van der Waals surface area contributed by atoms with Gasteiger partial charge in [-0.2, -0.15) is 0 Å². The molecule has 3 heteroatoms. The van der Waals surface area contributed by atoms with Crippen LogP contribution in [0.15, 0.2) is 24.3 Å². The summed E-state index contributed by atoms with van der Waals surface area (Å²) in [6.45, 7) is 11.2. The zero-order valence-corrected chi connectivity index (χ0v) is 12.6. The van der Waals surface area contributed by atoms with Crippen LogP contribution in [-0.4, -0.2) is 25.0 Å². The van der Waals surface area contributed by atoms with Crippen LogP contribution in [0.4, 0.5) is 0 Å². The largest absolute Gasteiger partial charge is 0.491 e. The number of ether oxygens (including phenoxy) is 1. The molecule has 0 fully saturated rings. The molecule has 3 nitrogen and oxygen atoms in total. The summed E-state index contributed by atoms with van der Waals surface area (Å²) in [5.41, 5.74) is 1.23. The summed E-state index contributed by atoms with van der Waals surface area (Å²) in [5.74, 6) is 1.06. The Morgan fingerprint density at radius 2 is 1.84 bits per heavy atom. The minimum atomic E-state index is -0.00812. The summed E-state index contributed by atoms with van der Waals surface area (Å²) in [6, 6.07) is 8.18. The van der Waals surface area contributed by atoms with Gasteiger partial charge in [0.05, 0.1) is 12.6 Å². The SMILES string of the molecule is CC(=O)CNCC(C)(C)c1ccc(OC(C)C)cc1. The molecule has 1 rings (SSSR count). The van der Waals surface area contributed by atoms with Crippen LogP contribution in [0.25, 0.3) is 0 Å². The molecule has 0 amide bonds. The van der Waals surface area contributed by atoms with Crippen LogP contribution in [0.3, 0.4) is 0 Å². The molecule has 0 aliphatic rings. The van der Waals surface area contributed by atoms with E-state index in [0.29, 0.717) is 6.54 Å². The van der Waals surface area contributed by atoms with Gasteiger partial charge < -0.3 is 10.1 Å². The Morgan fingerprint density at radius 3 is 2.32 bits per heavy atom. The number of nitrogens with one attached hydrogen (secondary N) is 1. The quantitative estimate of drug-likeness (QED) is 0.822. The lowest BCUT2D eigenvalue weighted by molar-refractivity contribution is -0.116. The van der Waals surface area contributed by atoms with E-state index in [-0.39, 0.29) is 17.3 Å². The maximum atomic E-state index is 10.9. The van der Waals surface area contributed by atoms with E-state index in [0.717, 1.165) is 12.3 Å². The van der Waals surface area contributed by atoms with Crippen molar-refractivity contribution >= 4 is 5.78 Å². The fourth-order valence-electron chi connectivity index (χ4n) is 1.91. The molecule has 0 aliphatic carbocycles. The van der Waals surface area contributed by atoms with Gasteiger partial charge in [-0.25, -0.2) is 0 Å². The molecule has 0 saturated carbocycles. The molecule has 0 unspecified atom stereocenters. The van der Waals surface area contributed by atoms with E-state index in [1.54, 1.807) is 6.92 Å². The van der Waals surface area contributed by atoms with E-state index in [1.807, 2.05) is 26.0 Å². The van der Waals surface area contributed by atoms with E-state index >= 15 is 0 Å². The zero-order valence-electron chi connectivity index (χ0n) is 12.6. The highest BCUT2D eigenvalue weighted by Gasteiger charge is 2.20. The van der Waals surface area contributed by atoms with Gasteiger partial charge in [0, 0.05) is 12.0 Å². The Bertz CT molecular complexity index is 407. The summed E-state index contributed by atoms with van der Waals surface area (Å²) in [7, 11) is 0. The topological polar surface area (TPSA) is 38.3 Å². The molecule has 19 heavy (non-hydrogen) atoms. The number of rotatable bonds is 7. The Hall–Kier alpha value is -1.35. The summed E-state index contributed by atoms with van der Waals surface area (Å²) >= 11 is 0. The summed E-state index contributed by atoms with van der Waals surface area (Å²) in [6.07, 6.45) is 0.191. The van der Waals surface area contributed by atoms with Crippen molar-refractivity contribution in [1.82, 2.24) is 5.32 Å². The fraction of sp³-hybridized carbons (Fsp3) is 0.562. The third-order valence-electron chi connectivity index (χ3n) is 2.95. The Balaban J connectivity index is 2.64. The third-order valence-corrected chi connectivity index (χ3v) is 2.95. The van der Waals surface area contributed by atoms with E-state index in [4.69, 9.17) is 4.74 Å². The first-order valence-corrected chi connectivity index (χ1v) is 6.78. The highest BCUT2D eigenvalue weighted by molar-refractivity contribution is 5.77. The van der Waals surface area contributed by atoms with Gasteiger partial charge in [0.25, 0.3) is 0 Å². The van der Waals surface area contributed by atoms with E-state index in [1.165, 1.54) is 5.56 Å². The van der Waals surface area contributed by atoms with Crippen LogP contribution in [0.2, 0.25) is 0 Å². The normalized spacial score (nSPS) is 11.7. The van der Waals surface area contributed by atoms with Crippen molar-refractivity contribution in [2.45, 2.75) is 46.1 Å². The van der Waals surface area contributed by atoms with Crippen molar-refractivity contribution in [3.05, 3.63) is 29.8 Å². The molecule has 0 atom stereocenters. The molecule has 0 bridgehead atoms. The molecule has 0 saturated heterocycles. The highest BCUT2D eigenvalue weighted by atomic mass is 16.5. The average molecular weight is 263 g/mol. The van der Waals surface area contributed by atoms with Gasteiger partial charge >= 0.3 is 0 Å². The van der Waals surface area contributed by atoms with Crippen LogP contribution < -0.4 is 10.1 Å². The van der Waals surface area contributed by atoms with E-state index < -0.39 is 0 Å². The second-order valence-electron chi connectivity index (χ2n) is 5.88. The van der Waals surface area contributed by atoms with Crippen LogP contribution in [0, 0.1) is 0 Å². The van der Waals surface area contributed by atoms with E-state index in [9.17, 15) is 4.79 Å². The number of carbonyl (C=O) groups excluding carboxylic acids is 1. The molecule has 1 aromatic carbocycles. The Labute approximate surface area is 116 Å². The van der Waals surface area contributed by atoms with Crippen molar-refractivity contribution in [3.8, 4) is 5.75 Å². The smallest absolute Gasteiger partial charge is 0.143 e. The lowest BCUT2D eigenvalue weighted by Crippen LogP contribution is -2.35. The number of Topliss-reactive ketones (excluding diaryl/α,β-unsaturated/α-hetero) is 1. The molecular formula is C16H25NO2. The molecule has 0 heterocycles. The molecule has 106 valence electrons. The van der Waals surface area contributed by atoms with Gasteiger partial charge in [-0.3, -0.25) is 4.79 Å². The highest BCUT2D eigenvalue weighted by Crippen LogP contribution is 2.24. The minimum Gasteiger partial charge on any atom is -0.491 e. The molecule has 0 aromatic heterocycles. The Kier molecular flexibility index (Phi) is 5.55. The first kappa shape index (κ1) is 15.7. The van der Waals surface area contributed by atoms with Gasteiger partial charge in [-0.05, 0) is 38.5 Å². The number of benzene rings is 1. The van der Waals surface area contributed by atoms with Crippen LogP contribution in [-0.2, 0) is 10.2 Å². The predicted molar refractivity (Wildman–Crippen MR) is 78.8 cm³/mol. The maximum absolute atomic E-state index is 10.9. The summed E-state index contributed by atoms with van der Waals surface area (Å²) in [5, 5.41) is 3.19. The van der Waals surface area contributed by atoms with Crippen molar-refractivity contribution in [2.24, 2.45) is 0 Å². The number of carbonyl (C=O) groups is 1. The van der Waals surface area contributed by atoms with Gasteiger partial charge in [0.15, 0.2) is 0 Å². The fourth-order valence-corrected chi connectivity index (χ4v) is 1.91. The molecule has 0 radical (unpaired) electrons. The molecule has 0 aliphatic heterocycles. The van der Waals surface area contributed by atoms with E-state index in [2.05, 4.69) is 31.3 Å². The molecule has 1 aromatic rings. The number of hydrogen-bond acceptors (Lipinski definition) is 3. The maximum Gasteiger partial charge on any atom is 0.143 e.